The van der Waals surface area contributed by atoms with Crippen LogP contribution in [-0.4, -0.2) is 31.0 Å². The third kappa shape index (κ3) is 3.03. The predicted molar refractivity (Wildman–Crippen MR) is 71.7 cm³/mol. The monoisotopic (exact) mass is 291 g/mol. The molecule has 0 fully saturated rings. The molecule has 0 aliphatic carbocycles. The molecule has 2 aromatic rings. The van der Waals surface area contributed by atoms with Crippen LogP contribution in [0.15, 0.2) is 24.3 Å². The maximum Gasteiger partial charge on any atom is 0.358 e. The highest BCUT2D eigenvalue weighted by Crippen LogP contribution is 2.19. The largest absolute Gasteiger partial charge is 0.476 e. The maximum absolute atomic E-state index is 11.0. The van der Waals surface area contributed by atoms with Crippen LogP contribution in [0, 0.1) is 10.1 Å². The summed E-state index contributed by atoms with van der Waals surface area (Å²) in [6.07, 6.45) is 0.326. The van der Waals surface area contributed by atoms with Gasteiger partial charge in [0, 0.05) is 24.7 Å². The fourth-order valence-corrected chi connectivity index (χ4v) is 2.01. The number of aromatic carboxylic acids is 1. The lowest BCUT2D eigenvalue weighted by molar-refractivity contribution is -0.385. The molecule has 1 heterocycles. The molecule has 2 rings (SSSR count). The molecule has 110 valence electrons. The Morgan fingerprint density at radius 3 is 2.76 bits per heavy atom. The summed E-state index contributed by atoms with van der Waals surface area (Å²) in [5.74, 6) is -1.20. The molecule has 0 spiro atoms. The van der Waals surface area contributed by atoms with Crippen LogP contribution in [0.2, 0.25) is 0 Å². The van der Waals surface area contributed by atoms with E-state index in [0.717, 1.165) is 0 Å². The minimum absolute atomic E-state index is 0.0189. The zero-order valence-electron chi connectivity index (χ0n) is 11.0. The minimum Gasteiger partial charge on any atom is -0.476 e. The molecule has 1 aromatic carbocycles. The first-order valence-corrected chi connectivity index (χ1v) is 6.12. The predicted octanol–water partition coefficient (Wildman–Crippen LogP) is 0.586. The Balaban J connectivity index is 2.21. The van der Waals surface area contributed by atoms with E-state index in [1.165, 1.54) is 10.7 Å². The second-order valence-corrected chi connectivity index (χ2v) is 4.25. The van der Waals surface area contributed by atoms with E-state index >= 15 is 0 Å². The van der Waals surface area contributed by atoms with E-state index < -0.39 is 10.9 Å². The van der Waals surface area contributed by atoms with Crippen molar-refractivity contribution in [3.05, 3.63) is 51.3 Å². The summed E-state index contributed by atoms with van der Waals surface area (Å²) in [4.78, 5) is 21.4. The number of nitrogens with zero attached hydrogens (tertiary/aromatic N) is 4. The number of hydrogen-bond acceptors (Lipinski definition) is 6. The van der Waals surface area contributed by atoms with Gasteiger partial charge in [0.05, 0.1) is 10.6 Å². The molecule has 9 heteroatoms. The number of nitrogens with two attached hydrogens (primary N) is 1. The molecule has 0 radical (unpaired) electrons. The van der Waals surface area contributed by atoms with E-state index in [9.17, 15) is 14.9 Å². The van der Waals surface area contributed by atoms with Gasteiger partial charge in [-0.25, -0.2) is 9.48 Å². The van der Waals surface area contributed by atoms with Gasteiger partial charge in [0.2, 0.25) is 0 Å². The highest BCUT2D eigenvalue weighted by Gasteiger charge is 2.18. The molecule has 21 heavy (non-hydrogen) atoms. The summed E-state index contributed by atoms with van der Waals surface area (Å²) in [5.41, 5.74) is 6.17. The number of nitro benzene ring substituents is 1. The van der Waals surface area contributed by atoms with Crippen LogP contribution in [0.3, 0.4) is 0 Å². The molecule has 0 unspecified atom stereocenters. The topological polar surface area (TPSA) is 137 Å². The summed E-state index contributed by atoms with van der Waals surface area (Å²) in [5, 5.41) is 27.2. The van der Waals surface area contributed by atoms with Crippen molar-refractivity contribution in [2.45, 2.75) is 19.5 Å². The van der Waals surface area contributed by atoms with Crippen molar-refractivity contribution >= 4 is 11.7 Å². The highest BCUT2D eigenvalue weighted by molar-refractivity contribution is 5.86. The number of carbonyl (C=O) groups is 1. The second-order valence-electron chi connectivity index (χ2n) is 4.25. The van der Waals surface area contributed by atoms with Gasteiger partial charge >= 0.3 is 5.97 Å². The third-order valence-corrected chi connectivity index (χ3v) is 3.01. The molecule has 0 aliphatic rings. The molecular formula is C12H13N5O4. The van der Waals surface area contributed by atoms with Crippen molar-refractivity contribution in [3.63, 3.8) is 0 Å². The van der Waals surface area contributed by atoms with Gasteiger partial charge in [-0.2, -0.15) is 0 Å². The number of para-hydroxylation sites is 1. The van der Waals surface area contributed by atoms with Gasteiger partial charge in [0.25, 0.3) is 5.69 Å². The number of nitro groups is 1. The van der Waals surface area contributed by atoms with Crippen LogP contribution in [0.1, 0.15) is 21.7 Å². The van der Waals surface area contributed by atoms with Crippen molar-refractivity contribution in [3.8, 4) is 0 Å². The molecule has 1 aromatic heterocycles. The van der Waals surface area contributed by atoms with E-state index in [-0.39, 0.29) is 24.5 Å². The molecule has 0 amide bonds. The van der Waals surface area contributed by atoms with Crippen LogP contribution in [0.25, 0.3) is 0 Å². The SMILES string of the molecule is NCc1c(C(=O)O)nnn1CCc1ccccc1[N+](=O)[O-]. The molecule has 0 aliphatic heterocycles. The Morgan fingerprint density at radius 1 is 1.43 bits per heavy atom. The Morgan fingerprint density at radius 2 is 2.14 bits per heavy atom. The van der Waals surface area contributed by atoms with Gasteiger partial charge in [-0.15, -0.1) is 5.10 Å². The normalized spacial score (nSPS) is 10.5. The highest BCUT2D eigenvalue weighted by atomic mass is 16.6. The van der Waals surface area contributed by atoms with Crippen LogP contribution in [0.4, 0.5) is 5.69 Å². The van der Waals surface area contributed by atoms with Crippen molar-refractivity contribution in [2.24, 2.45) is 5.73 Å². The fraction of sp³-hybridized carbons (Fsp3) is 0.250. The quantitative estimate of drug-likeness (QED) is 0.586. The third-order valence-electron chi connectivity index (χ3n) is 3.01. The number of aromatic nitrogens is 3. The molecule has 0 atom stereocenters. The summed E-state index contributed by atoms with van der Waals surface area (Å²) in [6, 6.07) is 6.36. The van der Waals surface area contributed by atoms with Crippen molar-refractivity contribution in [1.82, 2.24) is 15.0 Å². The van der Waals surface area contributed by atoms with E-state index in [4.69, 9.17) is 10.8 Å². The average molecular weight is 291 g/mol. The van der Waals surface area contributed by atoms with Gasteiger partial charge in [0.1, 0.15) is 0 Å². The summed E-state index contributed by atoms with van der Waals surface area (Å²) < 4.78 is 1.36. The number of rotatable bonds is 6. The number of carboxylic acid groups (broad SMARTS) is 1. The maximum atomic E-state index is 11.0. The Bertz CT molecular complexity index is 682. The second kappa shape index (κ2) is 6.09. The van der Waals surface area contributed by atoms with Gasteiger partial charge in [-0.05, 0) is 6.42 Å². The lowest BCUT2D eigenvalue weighted by atomic mass is 10.1. The van der Waals surface area contributed by atoms with E-state index in [1.54, 1.807) is 18.2 Å². The number of hydrogen-bond donors (Lipinski definition) is 2. The van der Waals surface area contributed by atoms with E-state index in [2.05, 4.69) is 10.3 Å². The molecular weight excluding hydrogens is 278 g/mol. The molecule has 0 bridgehead atoms. The first-order valence-electron chi connectivity index (χ1n) is 6.12. The van der Waals surface area contributed by atoms with Gasteiger partial charge in [-0.1, -0.05) is 23.4 Å². The van der Waals surface area contributed by atoms with Gasteiger partial charge in [-0.3, -0.25) is 10.1 Å². The molecule has 9 nitrogen and oxygen atoms in total. The Kier molecular flexibility index (Phi) is 4.24. The fourth-order valence-electron chi connectivity index (χ4n) is 2.01. The lowest BCUT2D eigenvalue weighted by Gasteiger charge is -2.06. The minimum atomic E-state index is -1.20. The molecule has 3 N–H and O–H groups in total. The first kappa shape index (κ1) is 14.6. The smallest absolute Gasteiger partial charge is 0.358 e. The average Bonchev–Trinajstić information content (AvgIpc) is 2.88. The van der Waals surface area contributed by atoms with Gasteiger partial charge in [0.15, 0.2) is 5.69 Å². The number of aryl methyl sites for hydroxylation is 2. The van der Waals surface area contributed by atoms with Crippen LogP contribution in [-0.2, 0) is 19.5 Å². The van der Waals surface area contributed by atoms with Gasteiger partial charge < -0.3 is 10.8 Å². The molecule has 0 saturated carbocycles. The number of benzene rings is 1. The van der Waals surface area contributed by atoms with E-state index in [0.29, 0.717) is 17.7 Å². The Hall–Kier alpha value is -2.81. The summed E-state index contributed by atoms with van der Waals surface area (Å²) in [6.45, 7) is 0.239. The summed E-state index contributed by atoms with van der Waals surface area (Å²) in [7, 11) is 0. The lowest BCUT2D eigenvalue weighted by Crippen LogP contribution is -2.14. The zero-order chi connectivity index (χ0) is 15.4. The van der Waals surface area contributed by atoms with Crippen molar-refractivity contribution in [1.29, 1.82) is 0 Å². The van der Waals surface area contributed by atoms with Crippen molar-refractivity contribution in [2.75, 3.05) is 0 Å². The van der Waals surface area contributed by atoms with Crippen LogP contribution in [0.5, 0.6) is 0 Å². The summed E-state index contributed by atoms with van der Waals surface area (Å²) >= 11 is 0. The van der Waals surface area contributed by atoms with Crippen molar-refractivity contribution < 1.29 is 14.8 Å². The van der Waals surface area contributed by atoms with Crippen LogP contribution >= 0.6 is 0 Å². The van der Waals surface area contributed by atoms with E-state index in [1.807, 2.05) is 0 Å². The standard InChI is InChI=1S/C12H13N5O4/c13-7-10-11(12(18)19)14-15-16(10)6-5-8-3-1-2-4-9(8)17(20)21/h1-4H,5-7,13H2,(H,18,19). The first-order chi connectivity index (χ1) is 10.0. The molecule has 0 saturated heterocycles. The Labute approximate surface area is 119 Å². The zero-order valence-corrected chi connectivity index (χ0v) is 11.0. The van der Waals surface area contributed by atoms with Crippen LogP contribution < -0.4 is 5.73 Å². The number of carboxylic acids is 1.